The van der Waals surface area contributed by atoms with Crippen molar-refractivity contribution >= 4 is 0 Å². The molecule has 1 fully saturated rings. The summed E-state index contributed by atoms with van der Waals surface area (Å²) in [6.07, 6.45) is 0. The van der Waals surface area contributed by atoms with Crippen LogP contribution in [0.1, 0.15) is 18.5 Å². The second kappa shape index (κ2) is 3.48. The smallest absolute Gasteiger partial charge is 0.0599 e. The maximum absolute atomic E-state index is 8.93. The molecule has 0 aromatic heterocycles. The van der Waals surface area contributed by atoms with Gasteiger partial charge in [-0.15, -0.1) is 0 Å². The van der Waals surface area contributed by atoms with Gasteiger partial charge in [0.25, 0.3) is 0 Å². The molecule has 70 valence electrons. The van der Waals surface area contributed by atoms with Crippen LogP contribution in [0.2, 0.25) is 0 Å². The molecule has 1 aliphatic rings. The minimum Gasteiger partial charge on any atom is -0.395 e. The van der Waals surface area contributed by atoms with E-state index in [1.54, 1.807) is 0 Å². The maximum atomic E-state index is 8.93. The van der Waals surface area contributed by atoms with Gasteiger partial charge in [-0.1, -0.05) is 30.3 Å². The third-order valence-electron chi connectivity index (χ3n) is 2.75. The van der Waals surface area contributed by atoms with Gasteiger partial charge in [0, 0.05) is 18.6 Å². The molecule has 1 aromatic carbocycles. The summed E-state index contributed by atoms with van der Waals surface area (Å²) in [6, 6.07) is 11.3. The van der Waals surface area contributed by atoms with E-state index in [4.69, 9.17) is 5.11 Å². The highest BCUT2D eigenvalue weighted by Gasteiger charge is 2.37. The Kier molecular flexibility index (Phi) is 2.34. The van der Waals surface area contributed by atoms with Crippen molar-refractivity contribution in [3.63, 3.8) is 0 Å². The van der Waals surface area contributed by atoms with Gasteiger partial charge in [0.2, 0.25) is 0 Å². The van der Waals surface area contributed by atoms with Crippen molar-refractivity contribution in [3.05, 3.63) is 35.9 Å². The van der Waals surface area contributed by atoms with E-state index in [-0.39, 0.29) is 6.61 Å². The number of aliphatic hydroxyl groups excluding tert-OH is 1. The highest BCUT2D eigenvalue weighted by molar-refractivity contribution is 5.20. The minimum absolute atomic E-state index is 0.289. The summed E-state index contributed by atoms with van der Waals surface area (Å²) in [5.41, 5.74) is 1.33. The van der Waals surface area contributed by atoms with Crippen LogP contribution in [0, 0.1) is 0 Å². The Morgan fingerprint density at radius 2 is 2.15 bits per heavy atom. The Morgan fingerprint density at radius 1 is 1.46 bits per heavy atom. The van der Waals surface area contributed by atoms with Crippen LogP contribution in [-0.2, 0) is 0 Å². The largest absolute Gasteiger partial charge is 0.395 e. The number of hydrogen-bond acceptors (Lipinski definition) is 2. The zero-order valence-corrected chi connectivity index (χ0v) is 7.85. The first-order valence-corrected chi connectivity index (χ1v) is 4.74. The van der Waals surface area contributed by atoms with Crippen LogP contribution < -0.4 is 0 Å². The molecule has 0 spiro atoms. The normalized spacial score (nSPS) is 28.5. The molecule has 1 aliphatic heterocycles. The molecule has 2 heteroatoms. The molecule has 2 rings (SSSR count). The number of aliphatic hydroxyl groups is 1. The molecule has 2 unspecified atom stereocenters. The number of benzene rings is 1. The SMILES string of the molecule is CC(c1ccccc1)N1C[C@@H]1CO. The Morgan fingerprint density at radius 3 is 2.69 bits per heavy atom. The van der Waals surface area contributed by atoms with E-state index in [0.717, 1.165) is 6.54 Å². The van der Waals surface area contributed by atoms with Crippen molar-refractivity contribution in [2.75, 3.05) is 13.2 Å². The van der Waals surface area contributed by atoms with Crippen molar-refractivity contribution in [2.24, 2.45) is 0 Å². The predicted molar refractivity (Wildman–Crippen MR) is 52.4 cm³/mol. The molecular weight excluding hydrogens is 162 g/mol. The average Bonchev–Trinajstić information content (AvgIpc) is 2.97. The van der Waals surface area contributed by atoms with Crippen molar-refractivity contribution in [1.29, 1.82) is 0 Å². The van der Waals surface area contributed by atoms with E-state index in [1.807, 2.05) is 6.07 Å². The van der Waals surface area contributed by atoms with Gasteiger partial charge >= 0.3 is 0 Å². The lowest BCUT2D eigenvalue weighted by molar-refractivity contribution is 0.259. The molecular formula is C11H15NO. The van der Waals surface area contributed by atoms with Crippen molar-refractivity contribution in [1.82, 2.24) is 4.90 Å². The van der Waals surface area contributed by atoms with Gasteiger partial charge in [-0.3, -0.25) is 4.90 Å². The van der Waals surface area contributed by atoms with E-state index < -0.39 is 0 Å². The van der Waals surface area contributed by atoms with E-state index in [9.17, 15) is 0 Å². The van der Waals surface area contributed by atoms with E-state index >= 15 is 0 Å². The maximum Gasteiger partial charge on any atom is 0.0599 e. The molecule has 1 saturated heterocycles. The van der Waals surface area contributed by atoms with Crippen LogP contribution in [0.5, 0.6) is 0 Å². The van der Waals surface area contributed by atoms with E-state index in [0.29, 0.717) is 12.1 Å². The number of hydrogen-bond donors (Lipinski definition) is 1. The molecule has 1 heterocycles. The Hall–Kier alpha value is -0.860. The average molecular weight is 177 g/mol. The lowest BCUT2D eigenvalue weighted by atomic mass is 10.1. The second-order valence-electron chi connectivity index (χ2n) is 3.62. The molecule has 0 saturated carbocycles. The first-order chi connectivity index (χ1) is 6.33. The number of nitrogens with zero attached hydrogens (tertiary/aromatic N) is 1. The van der Waals surface area contributed by atoms with Crippen molar-refractivity contribution in [2.45, 2.75) is 19.0 Å². The molecule has 13 heavy (non-hydrogen) atoms. The lowest BCUT2D eigenvalue weighted by Crippen LogP contribution is -2.10. The summed E-state index contributed by atoms with van der Waals surface area (Å²) >= 11 is 0. The third kappa shape index (κ3) is 1.74. The summed E-state index contributed by atoms with van der Waals surface area (Å²) in [4.78, 5) is 2.30. The van der Waals surface area contributed by atoms with Gasteiger partial charge in [0.15, 0.2) is 0 Å². The van der Waals surface area contributed by atoms with Crippen molar-refractivity contribution < 1.29 is 5.11 Å². The molecule has 0 radical (unpaired) electrons. The van der Waals surface area contributed by atoms with E-state index in [2.05, 4.69) is 36.1 Å². The van der Waals surface area contributed by atoms with Crippen LogP contribution in [0.25, 0.3) is 0 Å². The zero-order chi connectivity index (χ0) is 9.26. The standard InChI is InChI=1S/C11H15NO/c1-9(12-7-11(12)8-13)10-5-3-2-4-6-10/h2-6,9,11,13H,7-8H2,1H3/t9?,11-,12?/m1/s1. The lowest BCUT2D eigenvalue weighted by Gasteiger charge is -2.13. The van der Waals surface area contributed by atoms with Gasteiger partial charge in [0.1, 0.15) is 0 Å². The summed E-state index contributed by atoms with van der Waals surface area (Å²) < 4.78 is 0. The van der Waals surface area contributed by atoms with Crippen LogP contribution >= 0.6 is 0 Å². The summed E-state index contributed by atoms with van der Waals surface area (Å²) in [5, 5.41) is 8.93. The second-order valence-corrected chi connectivity index (χ2v) is 3.62. The predicted octanol–water partition coefficient (Wildman–Crippen LogP) is 1.42. The van der Waals surface area contributed by atoms with Gasteiger partial charge in [-0.25, -0.2) is 0 Å². The molecule has 2 nitrogen and oxygen atoms in total. The first kappa shape index (κ1) is 8.73. The fourth-order valence-electron chi connectivity index (χ4n) is 1.76. The van der Waals surface area contributed by atoms with Crippen LogP contribution in [0.3, 0.4) is 0 Å². The quantitative estimate of drug-likeness (QED) is 0.706. The fraction of sp³-hybridized carbons (Fsp3) is 0.455. The van der Waals surface area contributed by atoms with E-state index in [1.165, 1.54) is 5.56 Å². The van der Waals surface area contributed by atoms with Crippen LogP contribution in [0.15, 0.2) is 30.3 Å². The molecule has 1 aromatic rings. The highest BCUT2D eigenvalue weighted by Crippen LogP contribution is 2.30. The monoisotopic (exact) mass is 177 g/mol. The zero-order valence-electron chi connectivity index (χ0n) is 7.85. The molecule has 0 aliphatic carbocycles. The fourth-order valence-corrected chi connectivity index (χ4v) is 1.76. The molecule has 0 bridgehead atoms. The topological polar surface area (TPSA) is 23.2 Å². The summed E-state index contributed by atoms with van der Waals surface area (Å²) in [7, 11) is 0. The molecule has 0 amide bonds. The highest BCUT2D eigenvalue weighted by atomic mass is 16.3. The van der Waals surface area contributed by atoms with Crippen LogP contribution in [-0.4, -0.2) is 29.2 Å². The molecule has 3 atom stereocenters. The number of rotatable bonds is 3. The van der Waals surface area contributed by atoms with Crippen LogP contribution in [0.4, 0.5) is 0 Å². The minimum atomic E-state index is 0.289. The van der Waals surface area contributed by atoms with Gasteiger partial charge in [0.05, 0.1) is 6.61 Å². The third-order valence-corrected chi connectivity index (χ3v) is 2.75. The first-order valence-electron chi connectivity index (χ1n) is 4.74. The summed E-state index contributed by atoms with van der Waals surface area (Å²) in [6.45, 7) is 3.51. The van der Waals surface area contributed by atoms with Gasteiger partial charge in [-0.2, -0.15) is 0 Å². The summed E-state index contributed by atoms with van der Waals surface area (Å²) in [5.74, 6) is 0. The Labute approximate surface area is 78.8 Å². The Balaban J connectivity index is 2.03. The van der Waals surface area contributed by atoms with Gasteiger partial charge < -0.3 is 5.11 Å². The van der Waals surface area contributed by atoms with Crippen molar-refractivity contribution in [3.8, 4) is 0 Å². The molecule has 1 N–H and O–H groups in total. The van der Waals surface area contributed by atoms with Gasteiger partial charge in [-0.05, 0) is 12.5 Å². The Bertz CT molecular complexity index is 273.